The number of H-pyrrole nitrogens is 1. The van der Waals surface area contributed by atoms with Crippen LogP contribution in [0.2, 0.25) is 5.02 Å². The molecule has 0 saturated heterocycles. The summed E-state index contributed by atoms with van der Waals surface area (Å²) in [6.07, 6.45) is 0. The second-order valence-electron chi connectivity index (χ2n) is 6.44. The van der Waals surface area contributed by atoms with Gasteiger partial charge in [0.25, 0.3) is 5.56 Å². The van der Waals surface area contributed by atoms with Crippen molar-refractivity contribution in [1.29, 1.82) is 0 Å². The first-order chi connectivity index (χ1) is 14.2. The second kappa shape index (κ2) is 6.71. The summed E-state index contributed by atoms with van der Waals surface area (Å²) in [5, 5.41) is 22.4. The fraction of sp³-hybridized carbons (Fsp3) is 0.105. The van der Waals surface area contributed by atoms with Crippen LogP contribution in [-0.2, 0) is 0 Å². The molecule has 2 aromatic heterocycles. The molecule has 0 fully saturated rings. The van der Waals surface area contributed by atoms with Crippen molar-refractivity contribution < 1.29 is 4.74 Å². The molecule has 144 valence electrons. The minimum atomic E-state index is -0.458. The molecule has 2 N–H and O–H groups in total. The number of tetrazole rings is 1. The first kappa shape index (κ1) is 17.4. The lowest BCUT2D eigenvalue weighted by atomic mass is 9.92. The van der Waals surface area contributed by atoms with E-state index in [1.807, 2.05) is 36.4 Å². The van der Waals surface area contributed by atoms with Gasteiger partial charge in [0.2, 0.25) is 5.95 Å². The van der Waals surface area contributed by atoms with E-state index in [-0.39, 0.29) is 5.56 Å². The van der Waals surface area contributed by atoms with Crippen molar-refractivity contribution >= 4 is 23.2 Å². The zero-order chi connectivity index (χ0) is 20.0. The van der Waals surface area contributed by atoms with E-state index in [0.29, 0.717) is 27.9 Å². The first-order valence-electron chi connectivity index (χ1n) is 8.73. The van der Waals surface area contributed by atoms with Crippen molar-refractivity contribution in [3.05, 3.63) is 75.0 Å². The van der Waals surface area contributed by atoms with Crippen LogP contribution in [0.5, 0.6) is 5.75 Å². The highest BCUT2D eigenvalue weighted by Crippen LogP contribution is 2.41. The summed E-state index contributed by atoms with van der Waals surface area (Å²) in [5.41, 5.74) is 2.96. The summed E-state index contributed by atoms with van der Waals surface area (Å²) in [5.74, 6) is 1.09. The van der Waals surface area contributed by atoms with E-state index < -0.39 is 6.04 Å². The van der Waals surface area contributed by atoms with Crippen LogP contribution in [-0.4, -0.2) is 37.5 Å². The summed E-state index contributed by atoms with van der Waals surface area (Å²) in [4.78, 5) is 12.6. The molecule has 2 aromatic carbocycles. The van der Waals surface area contributed by atoms with E-state index in [1.54, 1.807) is 23.9 Å². The lowest BCUT2D eigenvalue weighted by Gasteiger charge is -2.27. The lowest BCUT2D eigenvalue weighted by Crippen LogP contribution is -2.29. The SMILES string of the molecule is COc1ccc(-c2n[nH]c(=O)c3c2[C@@H](c2ccc(Cl)cc2)n2nnnc2N3)cc1. The number of ether oxygens (including phenoxy) is 1. The maximum Gasteiger partial charge on any atom is 0.288 e. The summed E-state index contributed by atoms with van der Waals surface area (Å²) in [6, 6.07) is 14.3. The predicted molar refractivity (Wildman–Crippen MR) is 107 cm³/mol. The summed E-state index contributed by atoms with van der Waals surface area (Å²) in [6.45, 7) is 0. The average molecular weight is 408 g/mol. The van der Waals surface area contributed by atoms with Crippen LogP contribution in [0.4, 0.5) is 11.6 Å². The van der Waals surface area contributed by atoms with Gasteiger partial charge in [-0.05, 0) is 52.4 Å². The number of nitrogens with one attached hydrogen (secondary N) is 2. The molecule has 3 heterocycles. The van der Waals surface area contributed by atoms with Crippen LogP contribution in [0.25, 0.3) is 11.3 Å². The van der Waals surface area contributed by atoms with E-state index in [1.165, 1.54) is 0 Å². The zero-order valence-electron chi connectivity index (χ0n) is 15.1. The van der Waals surface area contributed by atoms with Gasteiger partial charge in [-0.3, -0.25) is 4.79 Å². The quantitative estimate of drug-likeness (QED) is 0.473. The number of benzene rings is 2. The number of anilines is 2. The molecule has 10 heteroatoms. The molecule has 0 aliphatic carbocycles. The summed E-state index contributed by atoms with van der Waals surface area (Å²) in [7, 11) is 1.61. The number of halogens is 1. The number of aromatic nitrogens is 6. The Bertz CT molecular complexity index is 1250. The van der Waals surface area contributed by atoms with Gasteiger partial charge in [0, 0.05) is 16.1 Å². The van der Waals surface area contributed by atoms with E-state index in [2.05, 4.69) is 31.0 Å². The van der Waals surface area contributed by atoms with Crippen LogP contribution in [0.1, 0.15) is 17.2 Å². The van der Waals surface area contributed by atoms with Crippen LogP contribution >= 0.6 is 11.6 Å². The van der Waals surface area contributed by atoms with Crippen molar-refractivity contribution in [2.75, 3.05) is 12.4 Å². The summed E-state index contributed by atoms with van der Waals surface area (Å²) >= 11 is 6.07. The Hall–Kier alpha value is -3.72. The fourth-order valence-electron chi connectivity index (χ4n) is 3.46. The predicted octanol–water partition coefficient (Wildman–Crippen LogP) is 2.78. The standard InChI is InChI=1S/C19H14ClN7O2/c1-29-13-8-4-10(5-9-13)15-14-16(18(28)23-22-15)21-19-24-25-26-27(19)17(14)11-2-6-12(20)7-3-11/h2-9,17H,1H3,(H,23,28)(H,21,24,26)/t17-/m1/s1. The van der Waals surface area contributed by atoms with E-state index >= 15 is 0 Å². The number of fused-ring (bicyclic) bond motifs is 2. The minimum Gasteiger partial charge on any atom is -0.497 e. The van der Waals surface area contributed by atoms with Gasteiger partial charge in [-0.2, -0.15) is 9.78 Å². The van der Waals surface area contributed by atoms with Crippen molar-refractivity contribution in [1.82, 2.24) is 30.4 Å². The van der Waals surface area contributed by atoms with Crippen molar-refractivity contribution in [2.24, 2.45) is 0 Å². The molecule has 0 saturated carbocycles. The van der Waals surface area contributed by atoms with Gasteiger partial charge in [0.05, 0.1) is 12.8 Å². The molecular formula is C19H14ClN7O2. The Morgan fingerprint density at radius 2 is 1.86 bits per heavy atom. The van der Waals surface area contributed by atoms with Gasteiger partial charge >= 0.3 is 0 Å². The smallest absolute Gasteiger partial charge is 0.288 e. The van der Waals surface area contributed by atoms with Gasteiger partial charge in [-0.15, -0.1) is 0 Å². The molecule has 0 amide bonds. The number of aromatic amines is 1. The highest BCUT2D eigenvalue weighted by molar-refractivity contribution is 6.30. The third-order valence-corrected chi connectivity index (χ3v) is 5.07. The van der Waals surface area contributed by atoms with E-state index in [0.717, 1.165) is 16.9 Å². The fourth-order valence-corrected chi connectivity index (χ4v) is 3.59. The zero-order valence-corrected chi connectivity index (χ0v) is 15.9. The van der Waals surface area contributed by atoms with Crippen molar-refractivity contribution in [2.45, 2.75) is 6.04 Å². The maximum absolute atomic E-state index is 12.6. The normalized spacial score (nSPS) is 14.6. The Labute approximate surface area is 169 Å². The molecule has 4 aromatic rings. The van der Waals surface area contributed by atoms with Crippen LogP contribution in [0, 0.1) is 0 Å². The molecule has 1 atom stereocenters. The maximum atomic E-state index is 12.6. The number of methoxy groups -OCH3 is 1. The number of nitrogens with zero attached hydrogens (tertiary/aromatic N) is 5. The van der Waals surface area contributed by atoms with Crippen LogP contribution < -0.4 is 15.6 Å². The van der Waals surface area contributed by atoms with Crippen LogP contribution in [0.3, 0.4) is 0 Å². The van der Waals surface area contributed by atoms with Gasteiger partial charge in [-0.25, -0.2) is 5.10 Å². The van der Waals surface area contributed by atoms with Gasteiger partial charge in [0.15, 0.2) is 0 Å². The van der Waals surface area contributed by atoms with E-state index in [9.17, 15) is 4.79 Å². The number of hydrogen-bond acceptors (Lipinski definition) is 7. The molecule has 1 aliphatic heterocycles. The molecular weight excluding hydrogens is 394 g/mol. The monoisotopic (exact) mass is 407 g/mol. The number of rotatable bonds is 3. The highest BCUT2D eigenvalue weighted by atomic mass is 35.5. The van der Waals surface area contributed by atoms with Gasteiger partial charge in [-0.1, -0.05) is 28.8 Å². The molecule has 1 aliphatic rings. The van der Waals surface area contributed by atoms with Gasteiger partial charge in [0.1, 0.15) is 17.5 Å². The molecule has 0 radical (unpaired) electrons. The Morgan fingerprint density at radius 1 is 1.10 bits per heavy atom. The average Bonchev–Trinajstić information content (AvgIpc) is 3.22. The Kier molecular flexibility index (Phi) is 4.02. The van der Waals surface area contributed by atoms with Crippen molar-refractivity contribution in [3.63, 3.8) is 0 Å². The third-order valence-electron chi connectivity index (χ3n) is 4.82. The molecule has 0 spiro atoms. The minimum absolute atomic E-state index is 0.355. The molecule has 0 bridgehead atoms. The van der Waals surface area contributed by atoms with Crippen LogP contribution in [0.15, 0.2) is 53.3 Å². The second-order valence-corrected chi connectivity index (χ2v) is 6.88. The Balaban J connectivity index is 1.78. The first-order valence-corrected chi connectivity index (χ1v) is 9.11. The van der Waals surface area contributed by atoms with E-state index in [4.69, 9.17) is 16.3 Å². The molecule has 29 heavy (non-hydrogen) atoms. The molecule has 5 rings (SSSR count). The van der Waals surface area contributed by atoms with Gasteiger partial charge < -0.3 is 10.1 Å². The number of hydrogen-bond donors (Lipinski definition) is 2. The van der Waals surface area contributed by atoms with Crippen molar-refractivity contribution in [3.8, 4) is 17.0 Å². The topological polar surface area (TPSA) is 111 Å². The molecule has 9 nitrogen and oxygen atoms in total. The molecule has 0 unspecified atom stereocenters. The highest BCUT2D eigenvalue weighted by Gasteiger charge is 2.34. The lowest BCUT2D eigenvalue weighted by molar-refractivity contribution is 0.415. The summed E-state index contributed by atoms with van der Waals surface area (Å²) < 4.78 is 6.87. The Morgan fingerprint density at radius 3 is 2.59 bits per heavy atom. The largest absolute Gasteiger partial charge is 0.497 e. The third kappa shape index (κ3) is 2.83.